The van der Waals surface area contributed by atoms with E-state index in [1.807, 2.05) is 11.7 Å². The lowest BCUT2D eigenvalue weighted by molar-refractivity contribution is 0.776. The van der Waals surface area contributed by atoms with Crippen molar-refractivity contribution in [2.24, 2.45) is 7.05 Å². The highest BCUT2D eigenvalue weighted by atomic mass is 15.2. The van der Waals surface area contributed by atoms with Crippen molar-refractivity contribution in [3.05, 3.63) is 30.0 Å². The summed E-state index contributed by atoms with van der Waals surface area (Å²) in [5.41, 5.74) is 2.52. The van der Waals surface area contributed by atoms with Crippen LogP contribution in [0.2, 0.25) is 0 Å². The molecule has 0 aliphatic rings. The highest BCUT2D eigenvalue weighted by Crippen LogP contribution is 2.17. The van der Waals surface area contributed by atoms with Gasteiger partial charge in [0.2, 0.25) is 0 Å². The monoisotopic (exact) mass is 174 g/mol. The van der Waals surface area contributed by atoms with E-state index in [4.69, 9.17) is 0 Å². The van der Waals surface area contributed by atoms with Gasteiger partial charge in [-0.25, -0.2) is 0 Å². The number of benzene rings is 1. The highest BCUT2D eigenvalue weighted by Gasteiger charge is 2.02. The van der Waals surface area contributed by atoms with Gasteiger partial charge in [0, 0.05) is 18.6 Å². The number of rotatable bonds is 2. The van der Waals surface area contributed by atoms with Gasteiger partial charge in [0.1, 0.15) is 0 Å². The Morgan fingerprint density at radius 1 is 1.38 bits per heavy atom. The molecule has 0 fully saturated rings. The smallest absolute Gasteiger partial charge is 0.0955 e. The van der Waals surface area contributed by atoms with E-state index in [-0.39, 0.29) is 0 Å². The molecule has 13 heavy (non-hydrogen) atoms. The molecule has 68 valence electrons. The van der Waals surface area contributed by atoms with Crippen molar-refractivity contribution in [2.75, 3.05) is 0 Å². The average molecular weight is 174 g/mol. The predicted octanol–water partition coefficient (Wildman–Crippen LogP) is 2.53. The normalized spacial score (nSPS) is 10.9. The Balaban J connectivity index is 2.60. The molecule has 0 radical (unpaired) electrons. The summed E-state index contributed by atoms with van der Waals surface area (Å²) >= 11 is 0. The van der Waals surface area contributed by atoms with Crippen LogP contribution in [0.3, 0.4) is 0 Å². The molecule has 1 heterocycles. The fraction of sp³-hybridized carbons (Fsp3) is 0.364. The van der Waals surface area contributed by atoms with Crippen LogP contribution in [0, 0.1) is 0 Å². The van der Waals surface area contributed by atoms with E-state index < -0.39 is 0 Å². The van der Waals surface area contributed by atoms with Gasteiger partial charge in [0.15, 0.2) is 0 Å². The number of nitrogens with zero attached hydrogens (tertiary/aromatic N) is 2. The third-order valence-corrected chi connectivity index (χ3v) is 2.25. The molecular formula is C11H14N2. The zero-order valence-electron chi connectivity index (χ0n) is 8.12. The molecule has 0 unspecified atom stereocenters. The molecule has 2 aromatic rings. The van der Waals surface area contributed by atoms with Crippen LogP contribution < -0.4 is 0 Å². The third-order valence-electron chi connectivity index (χ3n) is 2.25. The standard InChI is InChI=1S/C11H14N2/c1-3-5-9-6-4-7-10-8-13(2)12-11(9)10/h4,6-8H,3,5H2,1-2H3. The van der Waals surface area contributed by atoms with Crippen molar-refractivity contribution in [3.63, 3.8) is 0 Å². The van der Waals surface area contributed by atoms with Crippen molar-refractivity contribution >= 4 is 10.9 Å². The molecule has 0 aliphatic heterocycles. The summed E-state index contributed by atoms with van der Waals surface area (Å²) in [6.45, 7) is 2.20. The van der Waals surface area contributed by atoms with E-state index >= 15 is 0 Å². The molecule has 0 spiro atoms. The molecule has 0 amide bonds. The van der Waals surface area contributed by atoms with Gasteiger partial charge in [0.05, 0.1) is 5.52 Å². The first-order chi connectivity index (χ1) is 6.31. The minimum atomic E-state index is 1.12. The van der Waals surface area contributed by atoms with Crippen LogP contribution in [0.5, 0.6) is 0 Å². The fourth-order valence-corrected chi connectivity index (χ4v) is 1.70. The highest BCUT2D eigenvalue weighted by molar-refractivity contribution is 5.81. The third kappa shape index (κ3) is 1.44. The summed E-state index contributed by atoms with van der Waals surface area (Å²) in [5, 5.41) is 5.69. The number of hydrogen-bond donors (Lipinski definition) is 0. The fourth-order valence-electron chi connectivity index (χ4n) is 1.70. The second-order valence-electron chi connectivity index (χ2n) is 3.41. The van der Waals surface area contributed by atoms with Crippen molar-refractivity contribution in [1.29, 1.82) is 0 Å². The maximum Gasteiger partial charge on any atom is 0.0955 e. The van der Waals surface area contributed by atoms with Gasteiger partial charge in [-0.05, 0) is 12.0 Å². The summed E-state index contributed by atoms with van der Waals surface area (Å²) in [7, 11) is 1.97. The lowest BCUT2D eigenvalue weighted by Gasteiger charge is -1.97. The van der Waals surface area contributed by atoms with Crippen molar-refractivity contribution in [2.45, 2.75) is 19.8 Å². The summed E-state index contributed by atoms with van der Waals surface area (Å²) in [4.78, 5) is 0. The zero-order chi connectivity index (χ0) is 9.26. The first-order valence-corrected chi connectivity index (χ1v) is 4.72. The Bertz CT molecular complexity index is 415. The van der Waals surface area contributed by atoms with Gasteiger partial charge in [-0.1, -0.05) is 31.5 Å². The maximum absolute atomic E-state index is 4.45. The minimum Gasteiger partial charge on any atom is -0.275 e. The van der Waals surface area contributed by atoms with Crippen LogP contribution in [-0.2, 0) is 13.5 Å². The van der Waals surface area contributed by atoms with Crippen molar-refractivity contribution in [1.82, 2.24) is 9.78 Å². The van der Waals surface area contributed by atoms with Gasteiger partial charge in [-0.3, -0.25) is 4.68 Å². The summed E-state index contributed by atoms with van der Waals surface area (Å²) in [6, 6.07) is 6.38. The Labute approximate surface area is 78.2 Å². The van der Waals surface area contributed by atoms with E-state index in [9.17, 15) is 0 Å². The maximum atomic E-state index is 4.45. The lowest BCUT2D eigenvalue weighted by Crippen LogP contribution is -1.88. The number of hydrogen-bond acceptors (Lipinski definition) is 1. The molecule has 0 saturated carbocycles. The Morgan fingerprint density at radius 2 is 2.23 bits per heavy atom. The summed E-state index contributed by atoms with van der Waals surface area (Å²) < 4.78 is 1.88. The van der Waals surface area contributed by atoms with Crippen molar-refractivity contribution in [3.8, 4) is 0 Å². The van der Waals surface area contributed by atoms with Crippen LogP contribution in [0.1, 0.15) is 18.9 Å². The van der Waals surface area contributed by atoms with Crippen molar-refractivity contribution < 1.29 is 0 Å². The summed E-state index contributed by atoms with van der Waals surface area (Å²) in [6.07, 6.45) is 4.36. The van der Waals surface area contributed by atoms with Gasteiger partial charge < -0.3 is 0 Å². The Morgan fingerprint density at radius 3 is 3.00 bits per heavy atom. The first kappa shape index (κ1) is 8.30. The molecule has 0 aliphatic carbocycles. The van der Waals surface area contributed by atoms with Crippen LogP contribution in [0.25, 0.3) is 10.9 Å². The molecule has 2 rings (SSSR count). The molecule has 1 aromatic carbocycles. The summed E-state index contributed by atoms with van der Waals surface area (Å²) in [5.74, 6) is 0. The number of aryl methyl sites for hydroxylation is 2. The molecule has 1 aromatic heterocycles. The predicted molar refractivity (Wildman–Crippen MR) is 54.7 cm³/mol. The zero-order valence-corrected chi connectivity index (χ0v) is 8.12. The van der Waals surface area contributed by atoms with E-state index in [0.717, 1.165) is 11.9 Å². The van der Waals surface area contributed by atoms with Crippen LogP contribution in [-0.4, -0.2) is 9.78 Å². The average Bonchev–Trinajstić information content (AvgIpc) is 2.47. The topological polar surface area (TPSA) is 17.8 Å². The second kappa shape index (κ2) is 3.21. The molecular weight excluding hydrogens is 160 g/mol. The largest absolute Gasteiger partial charge is 0.275 e. The van der Waals surface area contributed by atoms with Crippen LogP contribution >= 0.6 is 0 Å². The van der Waals surface area contributed by atoms with E-state index in [1.54, 1.807) is 0 Å². The van der Waals surface area contributed by atoms with E-state index in [1.165, 1.54) is 17.4 Å². The number of fused-ring (bicyclic) bond motifs is 1. The van der Waals surface area contributed by atoms with Gasteiger partial charge >= 0.3 is 0 Å². The van der Waals surface area contributed by atoms with Crippen LogP contribution in [0.15, 0.2) is 24.4 Å². The van der Waals surface area contributed by atoms with Gasteiger partial charge in [0.25, 0.3) is 0 Å². The molecule has 2 nitrogen and oxygen atoms in total. The van der Waals surface area contributed by atoms with Crippen LogP contribution in [0.4, 0.5) is 0 Å². The Hall–Kier alpha value is -1.31. The molecule has 0 bridgehead atoms. The quantitative estimate of drug-likeness (QED) is 0.684. The lowest BCUT2D eigenvalue weighted by atomic mass is 10.1. The molecule has 0 N–H and O–H groups in total. The number of aromatic nitrogens is 2. The Kier molecular flexibility index (Phi) is 2.05. The molecule has 0 saturated heterocycles. The first-order valence-electron chi connectivity index (χ1n) is 4.72. The SMILES string of the molecule is CCCc1cccc2cn(C)nc12. The van der Waals surface area contributed by atoms with E-state index in [2.05, 4.69) is 36.4 Å². The minimum absolute atomic E-state index is 1.12. The second-order valence-corrected chi connectivity index (χ2v) is 3.41. The molecule has 0 atom stereocenters. The van der Waals surface area contributed by atoms with E-state index in [0.29, 0.717) is 0 Å². The molecule has 2 heteroatoms. The van der Waals surface area contributed by atoms with Gasteiger partial charge in [-0.2, -0.15) is 5.10 Å². The van der Waals surface area contributed by atoms with Gasteiger partial charge in [-0.15, -0.1) is 0 Å².